The molecule has 2 aromatic carbocycles. The summed E-state index contributed by atoms with van der Waals surface area (Å²) in [5.41, 5.74) is 1.73. The quantitative estimate of drug-likeness (QED) is 0.824. The van der Waals surface area contributed by atoms with E-state index < -0.39 is 23.7 Å². The van der Waals surface area contributed by atoms with Crippen LogP contribution in [-0.2, 0) is 20.7 Å². The van der Waals surface area contributed by atoms with Crippen LogP contribution in [0.2, 0.25) is 0 Å². The Morgan fingerprint density at radius 2 is 1.77 bits per heavy atom. The molecule has 0 aliphatic rings. The Labute approximate surface area is 155 Å². The lowest BCUT2D eigenvalue weighted by Gasteiger charge is -2.23. The zero-order valence-electron chi connectivity index (χ0n) is 16.5. The van der Waals surface area contributed by atoms with Crippen LogP contribution < -0.4 is 5.32 Å². The molecule has 0 unspecified atom stereocenters. The molecule has 0 radical (unpaired) electrons. The average Bonchev–Trinajstić information content (AvgIpc) is 2.61. The minimum absolute atomic E-state index is 0.121. The molecule has 0 spiro atoms. The van der Waals surface area contributed by atoms with Crippen molar-refractivity contribution in [2.24, 2.45) is 0 Å². The van der Waals surface area contributed by atoms with Gasteiger partial charge in [-0.25, -0.2) is 9.59 Å². The lowest BCUT2D eigenvalue weighted by Crippen LogP contribution is -2.45. The number of amides is 1. The van der Waals surface area contributed by atoms with Gasteiger partial charge in [0.25, 0.3) is 0 Å². The second-order valence-corrected chi connectivity index (χ2v) is 6.85. The molecule has 1 amide bonds. The highest BCUT2D eigenvalue weighted by molar-refractivity contribution is 5.82. The molecule has 1 atom stereocenters. The van der Waals surface area contributed by atoms with Crippen LogP contribution in [0.15, 0.2) is 54.6 Å². The Kier molecular flexibility index (Phi) is 5.89. The van der Waals surface area contributed by atoms with E-state index in [0.29, 0.717) is 5.56 Å². The van der Waals surface area contributed by atoms with Crippen molar-refractivity contribution >= 4 is 12.1 Å². The van der Waals surface area contributed by atoms with Crippen LogP contribution in [0.25, 0.3) is 11.1 Å². The number of hydrogen-bond acceptors (Lipinski definition) is 4. The Hall–Kier alpha value is -2.82. The highest BCUT2D eigenvalue weighted by atomic mass is 16.6. The molecule has 0 bridgehead atoms. The maximum atomic E-state index is 12.2. The molecule has 0 saturated heterocycles. The summed E-state index contributed by atoms with van der Waals surface area (Å²) >= 11 is 0. The Bertz CT molecular complexity index is 800. The van der Waals surface area contributed by atoms with Crippen molar-refractivity contribution < 1.29 is 20.4 Å². The van der Waals surface area contributed by atoms with Crippen LogP contribution >= 0.6 is 0 Å². The normalized spacial score (nSPS) is 12.7. The minimum atomic E-state index is -0.959. The highest BCUT2D eigenvalue weighted by Crippen LogP contribution is 2.24. The number of carbonyl (C=O) groups excluding carboxylic acids is 2. The predicted molar refractivity (Wildman–Crippen MR) is 101 cm³/mol. The number of esters is 1. The van der Waals surface area contributed by atoms with Gasteiger partial charge in [0.05, 0.1) is 8.48 Å². The van der Waals surface area contributed by atoms with Gasteiger partial charge in [0.1, 0.15) is 11.6 Å². The third-order valence-electron chi connectivity index (χ3n) is 3.61. The fourth-order valence-corrected chi connectivity index (χ4v) is 2.52. The van der Waals surface area contributed by atoms with E-state index in [2.05, 4.69) is 5.32 Å². The zero-order chi connectivity index (χ0) is 20.0. The smallest absolute Gasteiger partial charge is 0.408 e. The molecule has 0 aliphatic heterocycles. The monoisotopic (exact) mass is 356 g/mol. The lowest BCUT2D eigenvalue weighted by atomic mass is 9.95. The van der Waals surface area contributed by atoms with Crippen molar-refractivity contribution in [3.05, 3.63) is 60.1 Å². The lowest BCUT2D eigenvalue weighted by molar-refractivity contribution is -0.143. The van der Waals surface area contributed by atoms with E-state index in [-0.39, 0.29) is 12.5 Å². The number of hydrogen-bond donors (Lipinski definition) is 1. The number of nitrogens with one attached hydrogen (secondary N) is 1. The van der Waals surface area contributed by atoms with Gasteiger partial charge in [-0.2, -0.15) is 0 Å². The van der Waals surface area contributed by atoms with E-state index in [4.69, 9.17) is 10.8 Å². The molecular formula is C21H25NO4. The van der Waals surface area contributed by atoms with Gasteiger partial charge < -0.3 is 14.8 Å². The fourth-order valence-electron chi connectivity index (χ4n) is 2.52. The summed E-state index contributed by atoms with van der Waals surface area (Å²) in [5, 5.41) is 2.56. The van der Waals surface area contributed by atoms with Crippen LogP contribution in [0, 0.1) is 0 Å². The molecule has 2 rings (SSSR count). The molecule has 0 aromatic heterocycles. The number of alkyl carbamates (subject to hydrolysis) is 1. The Balaban J connectivity index is 2.33. The zero-order valence-corrected chi connectivity index (χ0v) is 15.5. The summed E-state index contributed by atoms with van der Waals surface area (Å²) in [6.07, 6.45) is -0.586. The third kappa shape index (κ3) is 5.62. The molecule has 5 heteroatoms. The summed E-state index contributed by atoms with van der Waals surface area (Å²) < 4.78 is 18.4. The van der Waals surface area contributed by atoms with Crippen LogP contribution in [0.3, 0.4) is 0 Å². The first-order valence-electron chi connectivity index (χ1n) is 8.92. The van der Waals surface area contributed by atoms with Gasteiger partial charge in [0, 0.05) is 6.42 Å². The van der Waals surface area contributed by atoms with Gasteiger partial charge in [-0.3, -0.25) is 0 Å². The number of carbonyl (C=O) groups is 2. The van der Waals surface area contributed by atoms with Gasteiger partial charge in [0.15, 0.2) is 0 Å². The standard InChI is InChI=1S/C21H25NO4/c1-21(2,3)26-20(24)22-18(19(23)25-4)14-16-12-8-9-13-17(16)15-10-6-5-7-11-15/h5-13,18H,14H2,1-4H3,(H,22,24)/t18-/m0/s1/i12D. The summed E-state index contributed by atoms with van der Waals surface area (Å²) in [6, 6.07) is 14.3. The second-order valence-electron chi connectivity index (χ2n) is 6.85. The Morgan fingerprint density at radius 3 is 2.38 bits per heavy atom. The van der Waals surface area contributed by atoms with Crippen LogP contribution in [-0.4, -0.2) is 30.8 Å². The fraction of sp³-hybridized carbons (Fsp3) is 0.333. The number of benzene rings is 2. The van der Waals surface area contributed by atoms with Crippen LogP contribution in [0.4, 0.5) is 4.79 Å². The molecule has 0 fully saturated rings. The first kappa shape index (κ1) is 18.0. The maximum Gasteiger partial charge on any atom is 0.408 e. The summed E-state index contributed by atoms with van der Waals surface area (Å²) in [5.74, 6) is -0.594. The molecule has 0 heterocycles. The minimum Gasteiger partial charge on any atom is -0.467 e. The van der Waals surface area contributed by atoms with Gasteiger partial charge in [-0.15, -0.1) is 0 Å². The number of methoxy groups -OCH3 is 1. The number of rotatable bonds is 5. The molecule has 0 aliphatic carbocycles. The van der Waals surface area contributed by atoms with Gasteiger partial charge >= 0.3 is 12.1 Å². The molecule has 1 N–H and O–H groups in total. The maximum absolute atomic E-state index is 12.2. The summed E-state index contributed by atoms with van der Waals surface area (Å²) in [4.78, 5) is 24.4. The van der Waals surface area contributed by atoms with Crippen molar-refractivity contribution in [3.63, 3.8) is 0 Å². The van der Waals surface area contributed by atoms with Crippen molar-refractivity contribution in [2.45, 2.75) is 38.8 Å². The van der Waals surface area contributed by atoms with Crippen LogP contribution in [0.5, 0.6) is 0 Å². The number of ether oxygens (including phenoxy) is 2. The first-order valence-corrected chi connectivity index (χ1v) is 8.42. The van der Waals surface area contributed by atoms with Crippen molar-refractivity contribution in [1.29, 1.82) is 0 Å². The van der Waals surface area contributed by atoms with Crippen molar-refractivity contribution in [2.75, 3.05) is 7.11 Å². The average molecular weight is 356 g/mol. The summed E-state index contributed by atoms with van der Waals surface area (Å²) in [7, 11) is 1.26. The van der Waals surface area contributed by atoms with E-state index in [1.165, 1.54) is 7.11 Å². The predicted octanol–water partition coefficient (Wildman–Crippen LogP) is 3.96. The van der Waals surface area contributed by atoms with E-state index in [1.807, 2.05) is 36.4 Å². The Morgan fingerprint density at radius 1 is 1.12 bits per heavy atom. The van der Waals surface area contributed by atoms with Gasteiger partial charge in [-0.1, -0.05) is 54.6 Å². The molecular weight excluding hydrogens is 330 g/mol. The SMILES string of the molecule is [2H]c1cccc(-c2ccccc2)c1C[C@H](NC(=O)OC(C)(C)C)C(=O)OC. The van der Waals surface area contributed by atoms with Crippen molar-refractivity contribution in [1.82, 2.24) is 5.32 Å². The highest BCUT2D eigenvalue weighted by Gasteiger charge is 2.26. The molecule has 138 valence electrons. The summed E-state index contributed by atoms with van der Waals surface area (Å²) in [6.45, 7) is 5.23. The van der Waals surface area contributed by atoms with Gasteiger partial charge in [-0.05, 0) is 37.5 Å². The molecule has 2 aromatic rings. The van der Waals surface area contributed by atoms with E-state index in [9.17, 15) is 9.59 Å². The molecule has 26 heavy (non-hydrogen) atoms. The van der Waals surface area contributed by atoms with Crippen LogP contribution in [0.1, 0.15) is 27.7 Å². The second kappa shape index (κ2) is 8.52. The molecule has 5 nitrogen and oxygen atoms in total. The largest absolute Gasteiger partial charge is 0.467 e. The topological polar surface area (TPSA) is 64.6 Å². The third-order valence-corrected chi connectivity index (χ3v) is 3.61. The molecule has 0 saturated carbocycles. The van der Waals surface area contributed by atoms with E-state index >= 15 is 0 Å². The first-order chi connectivity index (χ1) is 12.7. The van der Waals surface area contributed by atoms with Gasteiger partial charge in [0.2, 0.25) is 0 Å². The van der Waals surface area contributed by atoms with Crippen molar-refractivity contribution in [3.8, 4) is 11.1 Å². The van der Waals surface area contributed by atoms with E-state index in [0.717, 1.165) is 11.1 Å². The van der Waals surface area contributed by atoms with E-state index in [1.54, 1.807) is 32.9 Å².